The van der Waals surface area contributed by atoms with Crippen LogP contribution < -0.4 is 5.32 Å². The van der Waals surface area contributed by atoms with Gasteiger partial charge in [0, 0.05) is 16.5 Å². The molecule has 2 rings (SSSR count). The molecule has 1 heterocycles. The van der Waals surface area contributed by atoms with E-state index in [0.29, 0.717) is 10.0 Å². The van der Waals surface area contributed by atoms with Crippen LogP contribution in [0, 0.1) is 0 Å². The summed E-state index contributed by atoms with van der Waals surface area (Å²) in [4.78, 5) is 0. The molecule has 1 unspecified atom stereocenters. The molecule has 1 aromatic heterocycles. The van der Waals surface area contributed by atoms with Gasteiger partial charge < -0.3 is 5.32 Å². The predicted molar refractivity (Wildman–Crippen MR) is 78.3 cm³/mol. The number of aromatic nitrogens is 2. The summed E-state index contributed by atoms with van der Waals surface area (Å²) in [5, 5.41) is 8.71. The Bertz CT molecular complexity index is 549. The number of nitrogens with one attached hydrogen (secondary N) is 1. The Balaban J connectivity index is 2.55. The van der Waals surface area contributed by atoms with Gasteiger partial charge in [-0.05, 0) is 30.8 Å². The van der Waals surface area contributed by atoms with Crippen LogP contribution >= 0.6 is 39.1 Å². The Labute approximate surface area is 124 Å². The SMILES string of the molecule is CNC(c1cc(Cl)ccc1Br)c1c(Cl)cnn1C. The van der Waals surface area contributed by atoms with Crippen molar-refractivity contribution in [3.63, 3.8) is 0 Å². The van der Waals surface area contributed by atoms with E-state index in [1.165, 1.54) is 0 Å². The van der Waals surface area contributed by atoms with E-state index in [1.807, 2.05) is 32.3 Å². The van der Waals surface area contributed by atoms with Gasteiger partial charge in [0.1, 0.15) is 0 Å². The maximum atomic E-state index is 6.19. The van der Waals surface area contributed by atoms with Crippen LogP contribution in [-0.4, -0.2) is 16.8 Å². The van der Waals surface area contributed by atoms with Crippen LogP contribution in [0.1, 0.15) is 17.3 Å². The summed E-state index contributed by atoms with van der Waals surface area (Å²) in [6.07, 6.45) is 1.64. The van der Waals surface area contributed by atoms with Crippen molar-refractivity contribution in [1.29, 1.82) is 0 Å². The maximum Gasteiger partial charge on any atom is 0.0837 e. The van der Waals surface area contributed by atoms with Crippen molar-refractivity contribution in [1.82, 2.24) is 15.1 Å². The van der Waals surface area contributed by atoms with E-state index >= 15 is 0 Å². The van der Waals surface area contributed by atoms with Gasteiger partial charge in [0.05, 0.1) is 23.0 Å². The molecular formula is C12H12BrCl2N3. The molecule has 0 radical (unpaired) electrons. The van der Waals surface area contributed by atoms with E-state index in [2.05, 4.69) is 26.3 Å². The van der Waals surface area contributed by atoms with Gasteiger partial charge in [-0.2, -0.15) is 5.10 Å². The van der Waals surface area contributed by atoms with Crippen molar-refractivity contribution in [2.24, 2.45) is 7.05 Å². The summed E-state index contributed by atoms with van der Waals surface area (Å²) in [5.74, 6) is 0. The van der Waals surface area contributed by atoms with Crippen LogP contribution in [0.3, 0.4) is 0 Å². The molecule has 0 spiro atoms. The molecule has 0 saturated carbocycles. The first-order chi connectivity index (χ1) is 8.54. The van der Waals surface area contributed by atoms with Crippen LogP contribution in [0.25, 0.3) is 0 Å². The molecule has 0 aliphatic heterocycles. The van der Waals surface area contributed by atoms with Crippen LogP contribution in [-0.2, 0) is 7.05 Å². The second-order valence-electron chi connectivity index (χ2n) is 3.89. The van der Waals surface area contributed by atoms with Crippen LogP contribution in [0.2, 0.25) is 10.0 Å². The third kappa shape index (κ3) is 2.57. The van der Waals surface area contributed by atoms with Gasteiger partial charge in [0.15, 0.2) is 0 Å². The molecule has 96 valence electrons. The van der Waals surface area contributed by atoms with Crippen molar-refractivity contribution in [3.8, 4) is 0 Å². The number of hydrogen-bond acceptors (Lipinski definition) is 2. The summed E-state index contributed by atoms with van der Waals surface area (Å²) < 4.78 is 2.74. The monoisotopic (exact) mass is 347 g/mol. The van der Waals surface area contributed by atoms with E-state index in [0.717, 1.165) is 15.7 Å². The molecule has 0 bridgehead atoms. The quantitative estimate of drug-likeness (QED) is 0.914. The first kappa shape index (κ1) is 13.9. The Kier molecular flexibility index (Phi) is 4.33. The molecule has 0 fully saturated rings. The highest BCUT2D eigenvalue weighted by Gasteiger charge is 2.21. The molecule has 2 aromatic rings. The Morgan fingerprint density at radius 3 is 2.67 bits per heavy atom. The molecule has 0 saturated heterocycles. The minimum Gasteiger partial charge on any atom is -0.308 e. The Hall–Kier alpha value is -0.550. The van der Waals surface area contributed by atoms with E-state index < -0.39 is 0 Å². The van der Waals surface area contributed by atoms with Gasteiger partial charge in [-0.25, -0.2) is 0 Å². The number of hydrogen-bond donors (Lipinski definition) is 1. The van der Waals surface area contributed by atoms with Gasteiger partial charge >= 0.3 is 0 Å². The summed E-state index contributed by atoms with van der Waals surface area (Å²) in [6, 6.07) is 5.60. The van der Waals surface area contributed by atoms with Crippen LogP contribution in [0.15, 0.2) is 28.9 Å². The van der Waals surface area contributed by atoms with Crippen molar-refractivity contribution in [3.05, 3.63) is 50.2 Å². The molecule has 1 aromatic carbocycles. The number of rotatable bonds is 3. The summed E-state index contributed by atoms with van der Waals surface area (Å²) in [5.41, 5.74) is 1.93. The maximum absolute atomic E-state index is 6.19. The van der Waals surface area contributed by atoms with Crippen molar-refractivity contribution in [2.75, 3.05) is 7.05 Å². The van der Waals surface area contributed by atoms with Gasteiger partial charge in [0.2, 0.25) is 0 Å². The predicted octanol–water partition coefficient (Wildman–Crippen LogP) is 3.80. The number of benzene rings is 1. The Morgan fingerprint density at radius 2 is 2.11 bits per heavy atom. The summed E-state index contributed by atoms with van der Waals surface area (Å²) >= 11 is 15.8. The van der Waals surface area contributed by atoms with E-state index in [4.69, 9.17) is 23.2 Å². The van der Waals surface area contributed by atoms with Crippen molar-refractivity contribution < 1.29 is 0 Å². The van der Waals surface area contributed by atoms with Gasteiger partial charge in [-0.3, -0.25) is 4.68 Å². The zero-order valence-corrected chi connectivity index (χ0v) is 13.0. The molecule has 6 heteroatoms. The van der Waals surface area contributed by atoms with Gasteiger partial charge in [0.25, 0.3) is 0 Å². The fraction of sp³-hybridized carbons (Fsp3) is 0.250. The minimum absolute atomic E-state index is 0.0712. The average Bonchev–Trinajstić information content (AvgIpc) is 2.66. The number of aryl methyl sites for hydroxylation is 1. The lowest BCUT2D eigenvalue weighted by atomic mass is 10.0. The number of nitrogens with zero attached hydrogens (tertiary/aromatic N) is 2. The van der Waals surface area contributed by atoms with Crippen LogP contribution in [0.5, 0.6) is 0 Å². The van der Waals surface area contributed by atoms with E-state index in [-0.39, 0.29) is 6.04 Å². The second kappa shape index (κ2) is 5.61. The molecule has 1 atom stereocenters. The summed E-state index contributed by atoms with van der Waals surface area (Å²) in [6.45, 7) is 0. The molecular weight excluding hydrogens is 337 g/mol. The third-order valence-electron chi connectivity index (χ3n) is 2.77. The van der Waals surface area contributed by atoms with E-state index in [1.54, 1.807) is 10.9 Å². The van der Waals surface area contributed by atoms with Gasteiger partial charge in [-0.15, -0.1) is 0 Å². The molecule has 18 heavy (non-hydrogen) atoms. The zero-order valence-electron chi connectivity index (χ0n) is 9.92. The third-order valence-corrected chi connectivity index (χ3v) is 4.02. The highest BCUT2D eigenvalue weighted by Crippen LogP contribution is 2.33. The van der Waals surface area contributed by atoms with Crippen molar-refractivity contribution >= 4 is 39.1 Å². The second-order valence-corrected chi connectivity index (χ2v) is 5.59. The van der Waals surface area contributed by atoms with Crippen LogP contribution in [0.4, 0.5) is 0 Å². The highest BCUT2D eigenvalue weighted by molar-refractivity contribution is 9.10. The normalized spacial score (nSPS) is 12.7. The zero-order chi connectivity index (χ0) is 13.3. The Morgan fingerprint density at radius 1 is 1.39 bits per heavy atom. The minimum atomic E-state index is -0.0712. The largest absolute Gasteiger partial charge is 0.308 e. The molecule has 3 nitrogen and oxygen atoms in total. The number of halogens is 3. The smallest absolute Gasteiger partial charge is 0.0837 e. The first-order valence-electron chi connectivity index (χ1n) is 5.34. The van der Waals surface area contributed by atoms with E-state index in [9.17, 15) is 0 Å². The van der Waals surface area contributed by atoms with Crippen molar-refractivity contribution in [2.45, 2.75) is 6.04 Å². The lowest BCUT2D eigenvalue weighted by Crippen LogP contribution is -2.21. The molecule has 0 aliphatic rings. The van der Waals surface area contributed by atoms with Gasteiger partial charge in [-0.1, -0.05) is 39.1 Å². The first-order valence-corrected chi connectivity index (χ1v) is 6.89. The lowest BCUT2D eigenvalue weighted by Gasteiger charge is -2.19. The fourth-order valence-corrected chi connectivity index (χ4v) is 2.85. The molecule has 0 aliphatic carbocycles. The highest BCUT2D eigenvalue weighted by atomic mass is 79.9. The average molecular weight is 349 g/mol. The topological polar surface area (TPSA) is 29.9 Å². The molecule has 0 amide bonds. The molecule has 1 N–H and O–H groups in total. The fourth-order valence-electron chi connectivity index (χ4n) is 1.92. The summed E-state index contributed by atoms with van der Waals surface area (Å²) in [7, 11) is 3.74. The standard InChI is InChI=1S/C12H12BrCl2N3/c1-16-11(12-10(15)6-17-18(12)2)8-5-7(14)3-4-9(8)13/h3-6,11,16H,1-2H3. The lowest BCUT2D eigenvalue weighted by molar-refractivity contribution is 0.604.